The smallest absolute Gasteiger partial charge is 0.0195 e. The zero-order valence-electron chi connectivity index (χ0n) is 12.5. The Hall–Kier alpha value is -0.0800. The number of piperidine rings is 1. The lowest BCUT2D eigenvalue weighted by Gasteiger charge is -2.41. The Labute approximate surface area is 114 Å². The Morgan fingerprint density at radius 1 is 1.06 bits per heavy atom. The summed E-state index contributed by atoms with van der Waals surface area (Å²) < 4.78 is 0. The quantitative estimate of drug-likeness (QED) is 0.806. The van der Waals surface area contributed by atoms with E-state index in [9.17, 15) is 0 Å². The predicted octanol–water partition coefficient (Wildman–Crippen LogP) is 3.42. The average Bonchev–Trinajstić information content (AvgIpc) is 2.45. The van der Waals surface area contributed by atoms with E-state index in [1.165, 1.54) is 71.0 Å². The molecule has 0 bridgehead atoms. The molecule has 0 spiro atoms. The Balaban J connectivity index is 1.75. The van der Waals surface area contributed by atoms with E-state index in [0.29, 0.717) is 0 Å². The fraction of sp³-hybridized carbons (Fsp3) is 1.00. The number of rotatable bonds is 5. The van der Waals surface area contributed by atoms with Crippen LogP contribution < -0.4 is 5.32 Å². The lowest BCUT2D eigenvalue weighted by molar-refractivity contribution is 0.0968. The Kier molecular flexibility index (Phi) is 5.97. The summed E-state index contributed by atoms with van der Waals surface area (Å²) in [5, 5.41) is 3.72. The number of likely N-dealkylation sites (tertiary alicyclic amines) is 1. The lowest BCUT2D eigenvalue weighted by atomic mass is 9.83. The molecule has 106 valence electrons. The van der Waals surface area contributed by atoms with Gasteiger partial charge >= 0.3 is 0 Å². The minimum absolute atomic E-state index is 0.766. The summed E-state index contributed by atoms with van der Waals surface area (Å²) in [6, 6.07) is 1.67. The third-order valence-corrected chi connectivity index (χ3v) is 5.05. The highest BCUT2D eigenvalue weighted by atomic mass is 15.2. The molecule has 1 aliphatic heterocycles. The maximum Gasteiger partial charge on any atom is 0.0195 e. The van der Waals surface area contributed by atoms with Crippen molar-refractivity contribution in [1.82, 2.24) is 10.2 Å². The molecule has 2 rings (SSSR count). The van der Waals surface area contributed by atoms with Crippen molar-refractivity contribution >= 4 is 0 Å². The van der Waals surface area contributed by atoms with Crippen molar-refractivity contribution in [2.45, 2.75) is 77.3 Å². The van der Waals surface area contributed by atoms with Crippen LogP contribution in [0.3, 0.4) is 0 Å². The molecule has 0 amide bonds. The first-order valence-electron chi connectivity index (χ1n) is 8.30. The molecular formula is C16H32N2. The summed E-state index contributed by atoms with van der Waals surface area (Å²) in [5.41, 5.74) is 0. The van der Waals surface area contributed by atoms with E-state index >= 15 is 0 Å². The van der Waals surface area contributed by atoms with Crippen molar-refractivity contribution in [3.63, 3.8) is 0 Å². The van der Waals surface area contributed by atoms with E-state index in [1.807, 2.05) is 0 Å². The predicted molar refractivity (Wildman–Crippen MR) is 78.9 cm³/mol. The zero-order valence-corrected chi connectivity index (χ0v) is 12.5. The number of nitrogens with one attached hydrogen (secondary N) is 1. The molecule has 1 unspecified atom stereocenters. The van der Waals surface area contributed by atoms with Crippen LogP contribution in [0.15, 0.2) is 0 Å². The van der Waals surface area contributed by atoms with Crippen LogP contribution in [0.1, 0.15) is 65.2 Å². The van der Waals surface area contributed by atoms with Crippen molar-refractivity contribution < 1.29 is 0 Å². The molecule has 2 fully saturated rings. The van der Waals surface area contributed by atoms with Gasteiger partial charge in [0, 0.05) is 18.6 Å². The van der Waals surface area contributed by atoms with Gasteiger partial charge in [-0.3, -0.25) is 4.90 Å². The summed E-state index contributed by atoms with van der Waals surface area (Å²) in [6.45, 7) is 8.48. The molecule has 1 saturated heterocycles. The minimum Gasteiger partial charge on any atom is -0.313 e. The Morgan fingerprint density at radius 3 is 2.50 bits per heavy atom. The second-order valence-electron chi connectivity index (χ2n) is 6.37. The summed E-state index contributed by atoms with van der Waals surface area (Å²) in [7, 11) is 0. The van der Waals surface area contributed by atoms with Gasteiger partial charge in [-0.25, -0.2) is 0 Å². The van der Waals surface area contributed by atoms with Gasteiger partial charge in [-0.15, -0.1) is 0 Å². The highest BCUT2D eigenvalue weighted by Gasteiger charge is 2.28. The van der Waals surface area contributed by atoms with E-state index < -0.39 is 0 Å². The highest BCUT2D eigenvalue weighted by molar-refractivity contribution is 4.85. The number of hydrogen-bond donors (Lipinski definition) is 1. The second-order valence-corrected chi connectivity index (χ2v) is 6.37. The maximum absolute atomic E-state index is 3.72. The van der Waals surface area contributed by atoms with Crippen molar-refractivity contribution in [2.24, 2.45) is 5.92 Å². The summed E-state index contributed by atoms with van der Waals surface area (Å²) in [6.07, 6.45) is 11.3. The molecule has 1 heterocycles. The number of hydrogen-bond acceptors (Lipinski definition) is 2. The molecule has 0 aromatic carbocycles. The van der Waals surface area contributed by atoms with Crippen LogP contribution in [-0.4, -0.2) is 36.6 Å². The van der Waals surface area contributed by atoms with Crippen LogP contribution in [-0.2, 0) is 0 Å². The summed E-state index contributed by atoms with van der Waals surface area (Å²) >= 11 is 0. The lowest BCUT2D eigenvalue weighted by Crippen LogP contribution is -2.50. The van der Waals surface area contributed by atoms with Crippen molar-refractivity contribution in [3.05, 3.63) is 0 Å². The van der Waals surface area contributed by atoms with Gasteiger partial charge in [0.2, 0.25) is 0 Å². The van der Waals surface area contributed by atoms with Gasteiger partial charge in [-0.1, -0.05) is 20.3 Å². The first-order chi connectivity index (χ1) is 8.83. The standard InChI is InChI=1S/C16H32N2/c1-3-11-17-15-6-5-12-18(13-15)16-9-7-14(4-2)8-10-16/h14-17H,3-13H2,1-2H3. The monoisotopic (exact) mass is 252 g/mol. The molecule has 0 radical (unpaired) electrons. The van der Waals surface area contributed by atoms with Crippen LogP contribution in [0.2, 0.25) is 0 Å². The van der Waals surface area contributed by atoms with E-state index in [4.69, 9.17) is 0 Å². The first kappa shape index (κ1) is 14.3. The van der Waals surface area contributed by atoms with Crippen LogP contribution in [0, 0.1) is 5.92 Å². The fourth-order valence-corrected chi connectivity index (χ4v) is 3.77. The van der Waals surface area contributed by atoms with Gasteiger partial charge in [-0.05, 0) is 64.0 Å². The molecule has 1 atom stereocenters. The fourth-order valence-electron chi connectivity index (χ4n) is 3.77. The Bertz CT molecular complexity index is 221. The molecule has 1 aliphatic carbocycles. The van der Waals surface area contributed by atoms with Gasteiger partial charge in [0.25, 0.3) is 0 Å². The topological polar surface area (TPSA) is 15.3 Å². The van der Waals surface area contributed by atoms with E-state index in [0.717, 1.165) is 18.0 Å². The molecule has 2 heteroatoms. The van der Waals surface area contributed by atoms with E-state index in [-0.39, 0.29) is 0 Å². The van der Waals surface area contributed by atoms with E-state index in [2.05, 4.69) is 24.1 Å². The van der Waals surface area contributed by atoms with Gasteiger partial charge in [0.15, 0.2) is 0 Å². The van der Waals surface area contributed by atoms with Gasteiger partial charge < -0.3 is 5.32 Å². The molecule has 2 nitrogen and oxygen atoms in total. The minimum atomic E-state index is 0.766. The summed E-state index contributed by atoms with van der Waals surface area (Å²) in [5.74, 6) is 1.03. The maximum atomic E-state index is 3.72. The van der Waals surface area contributed by atoms with Gasteiger partial charge in [0.05, 0.1) is 0 Å². The van der Waals surface area contributed by atoms with Gasteiger partial charge in [0.1, 0.15) is 0 Å². The SMILES string of the molecule is CCCNC1CCCN(C2CCC(CC)CC2)C1. The molecule has 1 N–H and O–H groups in total. The van der Waals surface area contributed by atoms with Crippen LogP contribution >= 0.6 is 0 Å². The second kappa shape index (κ2) is 7.49. The third-order valence-electron chi connectivity index (χ3n) is 5.05. The van der Waals surface area contributed by atoms with Crippen molar-refractivity contribution in [1.29, 1.82) is 0 Å². The molecule has 1 saturated carbocycles. The van der Waals surface area contributed by atoms with Crippen LogP contribution in [0.4, 0.5) is 0 Å². The zero-order chi connectivity index (χ0) is 12.8. The largest absolute Gasteiger partial charge is 0.313 e. The first-order valence-corrected chi connectivity index (χ1v) is 8.30. The van der Waals surface area contributed by atoms with Crippen LogP contribution in [0.25, 0.3) is 0 Å². The van der Waals surface area contributed by atoms with Crippen molar-refractivity contribution in [2.75, 3.05) is 19.6 Å². The Morgan fingerprint density at radius 2 is 1.83 bits per heavy atom. The molecule has 0 aromatic rings. The normalized spacial score (nSPS) is 34.7. The van der Waals surface area contributed by atoms with Gasteiger partial charge in [-0.2, -0.15) is 0 Å². The third kappa shape index (κ3) is 3.96. The molecule has 0 aromatic heterocycles. The molecule has 18 heavy (non-hydrogen) atoms. The van der Waals surface area contributed by atoms with Crippen LogP contribution in [0.5, 0.6) is 0 Å². The average molecular weight is 252 g/mol. The highest BCUT2D eigenvalue weighted by Crippen LogP contribution is 2.30. The molecular weight excluding hydrogens is 220 g/mol. The van der Waals surface area contributed by atoms with Crippen molar-refractivity contribution in [3.8, 4) is 0 Å². The molecule has 2 aliphatic rings. The van der Waals surface area contributed by atoms with E-state index in [1.54, 1.807) is 0 Å². The number of nitrogens with zero attached hydrogens (tertiary/aromatic N) is 1. The summed E-state index contributed by atoms with van der Waals surface area (Å²) in [4.78, 5) is 2.79.